The quantitative estimate of drug-likeness (QED) is 0.766. The summed E-state index contributed by atoms with van der Waals surface area (Å²) in [7, 11) is 0. The minimum atomic E-state index is -0.512. The van der Waals surface area contributed by atoms with E-state index in [0.717, 1.165) is 36.8 Å². The van der Waals surface area contributed by atoms with Crippen LogP contribution in [0.4, 0.5) is 0 Å². The Hall–Kier alpha value is -1.10. The van der Waals surface area contributed by atoms with Gasteiger partial charge < -0.3 is 16.2 Å². The highest BCUT2D eigenvalue weighted by Crippen LogP contribution is 2.42. The maximum atomic E-state index is 12.8. The van der Waals surface area contributed by atoms with E-state index in [1.165, 1.54) is 6.42 Å². The monoisotopic (exact) mass is 350 g/mol. The summed E-state index contributed by atoms with van der Waals surface area (Å²) in [5, 5.41) is 13.5. The first kappa shape index (κ1) is 17.7. The van der Waals surface area contributed by atoms with Crippen molar-refractivity contribution < 1.29 is 9.90 Å². The second-order valence-corrected chi connectivity index (χ2v) is 7.65. The fraction of sp³-hybridized carbons (Fsp3) is 0.632. The third-order valence-electron chi connectivity index (χ3n) is 6.29. The number of aliphatic hydroxyl groups excluding tert-OH is 1. The average Bonchev–Trinajstić information content (AvgIpc) is 2.83. The maximum Gasteiger partial charge on any atom is 0.223 e. The van der Waals surface area contributed by atoms with E-state index in [1.807, 2.05) is 24.3 Å². The van der Waals surface area contributed by atoms with Crippen molar-refractivity contribution in [3.05, 3.63) is 35.4 Å². The third kappa shape index (κ3) is 3.07. The molecule has 4 nitrogen and oxygen atoms in total. The fourth-order valence-electron chi connectivity index (χ4n) is 5.02. The molecule has 4 rings (SSSR count). The summed E-state index contributed by atoms with van der Waals surface area (Å²) in [5.74, 6) is 1.16. The molecule has 0 heterocycles. The number of halogens is 1. The minimum Gasteiger partial charge on any atom is -0.390 e. The van der Waals surface area contributed by atoms with Crippen LogP contribution in [0.25, 0.3) is 0 Å². The van der Waals surface area contributed by atoms with Crippen molar-refractivity contribution >= 4 is 18.3 Å². The third-order valence-corrected chi connectivity index (χ3v) is 6.29. The molecule has 2 saturated carbocycles. The fourth-order valence-corrected chi connectivity index (χ4v) is 5.02. The molecule has 1 aromatic rings. The molecule has 1 aromatic carbocycles. The predicted molar refractivity (Wildman–Crippen MR) is 95.8 cm³/mol. The van der Waals surface area contributed by atoms with Gasteiger partial charge in [0.25, 0.3) is 0 Å². The lowest BCUT2D eigenvalue weighted by Crippen LogP contribution is -2.49. The second kappa shape index (κ2) is 7.03. The SMILES string of the molecule is Cl.NC1C2CCCC1CC(C(=O)N[C@H]1c3ccccc3C[C@H]1O)C2. The normalized spacial score (nSPS) is 37.2. The Kier molecular flexibility index (Phi) is 5.19. The molecule has 3 aliphatic carbocycles. The Bertz CT molecular complexity index is 595. The van der Waals surface area contributed by atoms with Crippen LogP contribution in [0.1, 0.15) is 49.3 Å². The average molecular weight is 351 g/mol. The number of rotatable bonds is 2. The van der Waals surface area contributed by atoms with E-state index < -0.39 is 6.10 Å². The lowest BCUT2D eigenvalue weighted by molar-refractivity contribution is -0.129. The summed E-state index contributed by atoms with van der Waals surface area (Å²) in [6, 6.07) is 8.04. The van der Waals surface area contributed by atoms with Crippen LogP contribution in [0.3, 0.4) is 0 Å². The van der Waals surface area contributed by atoms with Gasteiger partial charge in [0.15, 0.2) is 0 Å². The largest absolute Gasteiger partial charge is 0.390 e. The first-order chi connectivity index (χ1) is 11.1. The van der Waals surface area contributed by atoms with Gasteiger partial charge in [0.1, 0.15) is 0 Å². The van der Waals surface area contributed by atoms with Crippen molar-refractivity contribution in [1.82, 2.24) is 5.32 Å². The number of hydrogen-bond acceptors (Lipinski definition) is 3. The van der Waals surface area contributed by atoms with Crippen LogP contribution in [0.15, 0.2) is 24.3 Å². The first-order valence-electron chi connectivity index (χ1n) is 8.95. The Balaban J connectivity index is 0.00000169. The second-order valence-electron chi connectivity index (χ2n) is 7.65. The number of fused-ring (bicyclic) bond motifs is 3. The molecule has 4 N–H and O–H groups in total. The lowest BCUT2D eigenvalue weighted by Gasteiger charge is -2.43. The van der Waals surface area contributed by atoms with Gasteiger partial charge in [-0.05, 0) is 48.6 Å². The van der Waals surface area contributed by atoms with E-state index in [0.29, 0.717) is 18.3 Å². The van der Waals surface area contributed by atoms with Crippen LogP contribution in [-0.4, -0.2) is 23.2 Å². The van der Waals surface area contributed by atoms with Crippen LogP contribution in [0.5, 0.6) is 0 Å². The zero-order valence-electron chi connectivity index (χ0n) is 13.9. The highest BCUT2D eigenvalue weighted by Gasteiger charge is 2.41. The Labute approximate surface area is 149 Å². The number of hydrogen-bond donors (Lipinski definition) is 3. The summed E-state index contributed by atoms with van der Waals surface area (Å²) in [5.41, 5.74) is 8.54. The standard InChI is InChI=1S/C19H26N2O2.ClH/c20-17-12-5-3-6-13(17)9-14(8-12)19(23)21-18-15-7-2-1-4-11(15)10-16(18)22;/h1-2,4,7,12-14,16-18,22H,3,5-6,8-10,20H2,(H,21,23);1H/t12?,13?,14?,16-,17?,18+;/m1./s1. The van der Waals surface area contributed by atoms with Gasteiger partial charge in [0.05, 0.1) is 12.1 Å². The van der Waals surface area contributed by atoms with Crippen molar-refractivity contribution in [1.29, 1.82) is 0 Å². The number of carbonyl (C=O) groups excluding carboxylic acids is 1. The van der Waals surface area contributed by atoms with Crippen LogP contribution in [0, 0.1) is 17.8 Å². The zero-order valence-corrected chi connectivity index (χ0v) is 14.7. The molecule has 2 bridgehead atoms. The van der Waals surface area contributed by atoms with Crippen molar-refractivity contribution in [2.75, 3.05) is 0 Å². The molecule has 24 heavy (non-hydrogen) atoms. The van der Waals surface area contributed by atoms with Gasteiger partial charge >= 0.3 is 0 Å². The molecule has 5 heteroatoms. The van der Waals surface area contributed by atoms with Crippen LogP contribution < -0.4 is 11.1 Å². The van der Waals surface area contributed by atoms with E-state index in [2.05, 4.69) is 5.32 Å². The Morgan fingerprint density at radius 1 is 1.17 bits per heavy atom. The highest BCUT2D eigenvalue weighted by atomic mass is 35.5. The Morgan fingerprint density at radius 3 is 2.54 bits per heavy atom. The molecule has 0 aromatic heterocycles. The number of benzene rings is 1. The summed E-state index contributed by atoms with van der Waals surface area (Å²) in [6.45, 7) is 0. The van der Waals surface area contributed by atoms with E-state index in [-0.39, 0.29) is 36.3 Å². The van der Waals surface area contributed by atoms with Crippen LogP contribution in [-0.2, 0) is 11.2 Å². The summed E-state index contributed by atoms with van der Waals surface area (Å²) < 4.78 is 0. The van der Waals surface area contributed by atoms with Crippen molar-refractivity contribution in [3.63, 3.8) is 0 Å². The molecule has 0 saturated heterocycles. The van der Waals surface area contributed by atoms with Crippen molar-refractivity contribution in [3.8, 4) is 0 Å². The number of nitrogens with two attached hydrogens (primary N) is 1. The van der Waals surface area contributed by atoms with E-state index in [1.54, 1.807) is 0 Å². The van der Waals surface area contributed by atoms with Gasteiger partial charge in [-0.2, -0.15) is 0 Å². The number of aliphatic hydroxyl groups is 1. The molecule has 0 spiro atoms. The molecular weight excluding hydrogens is 324 g/mol. The van der Waals surface area contributed by atoms with Crippen molar-refractivity contribution in [2.45, 2.75) is 56.7 Å². The molecular formula is C19H27ClN2O2. The summed E-state index contributed by atoms with van der Waals surface area (Å²) in [4.78, 5) is 12.8. The van der Waals surface area contributed by atoms with E-state index in [9.17, 15) is 9.90 Å². The molecule has 3 aliphatic rings. The molecule has 0 radical (unpaired) electrons. The molecule has 2 unspecified atom stereocenters. The van der Waals surface area contributed by atoms with Gasteiger partial charge in [0, 0.05) is 18.4 Å². The minimum absolute atomic E-state index is 0. The summed E-state index contributed by atoms with van der Waals surface area (Å²) in [6.07, 6.45) is 5.52. The number of amides is 1. The van der Waals surface area contributed by atoms with Gasteiger partial charge in [0.2, 0.25) is 5.91 Å². The number of nitrogens with one attached hydrogen (secondary N) is 1. The molecule has 0 aliphatic heterocycles. The Morgan fingerprint density at radius 2 is 1.83 bits per heavy atom. The molecule has 2 fully saturated rings. The molecule has 1 amide bonds. The zero-order chi connectivity index (χ0) is 16.0. The smallest absolute Gasteiger partial charge is 0.223 e. The molecule has 4 atom stereocenters. The number of carbonyl (C=O) groups is 1. The van der Waals surface area contributed by atoms with Crippen LogP contribution in [0.2, 0.25) is 0 Å². The van der Waals surface area contributed by atoms with Gasteiger partial charge in [-0.1, -0.05) is 30.7 Å². The van der Waals surface area contributed by atoms with Gasteiger partial charge in [-0.15, -0.1) is 12.4 Å². The predicted octanol–water partition coefficient (Wildman–Crippen LogP) is 2.34. The summed E-state index contributed by atoms with van der Waals surface area (Å²) >= 11 is 0. The highest BCUT2D eigenvalue weighted by molar-refractivity contribution is 5.85. The van der Waals surface area contributed by atoms with Crippen LogP contribution >= 0.6 is 12.4 Å². The van der Waals surface area contributed by atoms with E-state index in [4.69, 9.17) is 5.73 Å². The van der Waals surface area contributed by atoms with E-state index >= 15 is 0 Å². The van der Waals surface area contributed by atoms with Crippen molar-refractivity contribution in [2.24, 2.45) is 23.5 Å². The lowest BCUT2D eigenvalue weighted by atomic mass is 9.65. The molecule has 132 valence electrons. The maximum absolute atomic E-state index is 12.8. The van der Waals surface area contributed by atoms with Gasteiger partial charge in [-0.3, -0.25) is 4.79 Å². The van der Waals surface area contributed by atoms with Gasteiger partial charge in [-0.25, -0.2) is 0 Å². The topological polar surface area (TPSA) is 75.4 Å². The first-order valence-corrected chi connectivity index (χ1v) is 8.95.